The monoisotopic (exact) mass is 260 g/mol. The van der Waals surface area contributed by atoms with Crippen LogP contribution in [0, 0.1) is 17.1 Å². The zero-order valence-corrected chi connectivity index (χ0v) is 10.6. The van der Waals surface area contributed by atoms with Gasteiger partial charge < -0.3 is 5.32 Å². The maximum atomic E-state index is 13.1. The summed E-state index contributed by atoms with van der Waals surface area (Å²) in [5, 5.41) is 14.2. The van der Waals surface area contributed by atoms with E-state index in [-0.39, 0.29) is 5.82 Å². The Balaban J connectivity index is 1.86. The lowest BCUT2D eigenvalue weighted by Gasteiger charge is -2.06. The third-order valence-electron chi connectivity index (χ3n) is 2.63. The van der Waals surface area contributed by atoms with Crippen LogP contribution in [0.15, 0.2) is 35.7 Å². The summed E-state index contributed by atoms with van der Waals surface area (Å²) in [7, 11) is 0. The Labute approximate surface area is 110 Å². The van der Waals surface area contributed by atoms with Gasteiger partial charge >= 0.3 is 0 Å². The van der Waals surface area contributed by atoms with Crippen molar-refractivity contribution in [3.8, 4) is 6.07 Å². The average molecular weight is 260 g/mol. The van der Waals surface area contributed by atoms with Crippen LogP contribution in [0.5, 0.6) is 0 Å². The number of benzene rings is 1. The van der Waals surface area contributed by atoms with Crippen LogP contribution in [0.3, 0.4) is 0 Å². The molecule has 0 saturated heterocycles. The maximum absolute atomic E-state index is 13.1. The molecular weight excluding hydrogens is 247 g/mol. The van der Waals surface area contributed by atoms with Crippen molar-refractivity contribution in [3.63, 3.8) is 0 Å². The minimum Gasteiger partial charge on any atom is -0.312 e. The van der Waals surface area contributed by atoms with Gasteiger partial charge in [-0.15, -0.1) is 11.3 Å². The van der Waals surface area contributed by atoms with Crippen LogP contribution < -0.4 is 5.32 Å². The minimum atomic E-state index is -0.302. The smallest absolute Gasteiger partial charge is 0.123 e. The number of nitriles is 1. The van der Waals surface area contributed by atoms with E-state index in [9.17, 15) is 4.39 Å². The van der Waals surface area contributed by atoms with Crippen molar-refractivity contribution in [3.05, 3.63) is 57.5 Å². The maximum Gasteiger partial charge on any atom is 0.123 e. The minimum absolute atomic E-state index is 0.302. The van der Waals surface area contributed by atoms with Crippen molar-refractivity contribution in [1.29, 1.82) is 5.26 Å². The number of thiophene rings is 1. The van der Waals surface area contributed by atoms with Gasteiger partial charge in [-0.1, -0.05) is 6.07 Å². The Morgan fingerprint density at radius 2 is 2.22 bits per heavy atom. The molecular formula is C14H13FN2S. The average Bonchev–Trinajstić information content (AvgIpc) is 2.88. The summed E-state index contributed by atoms with van der Waals surface area (Å²) in [6.45, 7) is 1.34. The molecule has 0 saturated carbocycles. The highest BCUT2D eigenvalue weighted by molar-refractivity contribution is 7.09. The molecule has 0 atom stereocenters. The van der Waals surface area contributed by atoms with Gasteiger partial charge in [0.05, 0.1) is 11.6 Å². The molecule has 0 aliphatic heterocycles. The van der Waals surface area contributed by atoms with Crippen molar-refractivity contribution in [1.82, 2.24) is 5.32 Å². The summed E-state index contributed by atoms with van der Waals surface area (Å²) >= 11 is 1.73. The van der Waals surface area contributed by atoms with Crippen molar-refractivity contribution in [2.75, 3.05) is 6.54 Å². The van der Waals surface area contributed by atoms with E-state index >= 15 is 0 Å². The molecule has 1 aromatic carbocycles. The van der Waals surface area contributed by atoms with Crippen molar-refractivity contribution in [2.45, 2.75) is 13.0 Å². The second-order valence-electron chi connectivity index (χ2n) is 3.92. The molecule has 2 aromatic rings. The number of rotatable bonds is 5. The number of nitrogens with zero attached hydrogens (tertiary/aromatic N) is 1. The summed E-state index contributed by atoms with van der Waals surface area (Å²) in [5.41, 5.74) is 1.24. The highest BCUT2D eigenvalue weighted by atomic mass is 32.1. The van der Waals surface area contributed by atoms with Gasteiger partial charge in [-0.3, -0.25) is 0 Å². The molecule has 1 heterocycles. The van der Waals surface area contributed by atoms with Gasteiger partial charge in [0.15, 0.2) is 0 Å². The highest BCUT2D eigenvalue weighted by Crippen LogP contribution is 2.11. The van der Waals surface area contributed by atoms with Gasteiger partial charge in [-0.05, 0) is 41.6 Å². The summed E-state index contributed by atoms with van der Waals surface area (Å²) in [5.74, 6) is -0.302. The molecule has 92 valence electrons. The van der Waals surface area contributed by atoms with E-state index in [1.54, 1.807) is 11.3 Å². The molecule has 2 nitrogen and oxygen atoms in total. The van der Waals surface area contributed by atoms with Gasteiger partial charge in [0.2, 0.25) is 0 Å². The lowest BCUT2D eigenvalue weighted by atomic mass is 10.1. The zero-order valence-electron chi connectivity index (χ0n) is 9.82. The topological polar surface area (TPSA) is 35.8 Å². The van der Waals surface area contributed by atoms with Gasteiger partial charge in [-0.2, -0.15) is 5.26 Å². The molecule has 18 heavy (non-hydrogen) atoms. The van der Waals surface area contributed by atoms with Crippen LogP contribution in [-0.2, 0) is 13.0 Å². The quantitative estimate of drug-likeness (QED) is 0.839. The fraction of sp³-hybridized carbons (Fsp3) is 0.214. The van der Waals surface area contributed by atoms with E-state index in [0.717, 1.165) is 13.0 Å². The zero-order chi connectivity index (χ0) is 12.8. The van der Waals surface area contributed by atoms with Gasteiger partial charge in [0.1, 0.15) is 5.82 Å². The van der Waals surface area contributed by atoms with Crippen LogP contribution in [0.25, 0.3) is 0 Å². The van der Waals surface area contributed by atoms with E-state index in [4.69, 9.17) is 5.26 Å². The molecule has 1 N–H and O–H groups in total. The van der Waals surface area contributed by atoms with Crippen molar-refractivity contribution in [2.24, 2.45) is 0 Å². The van der Waals surface area contributed by atoms with Crippen LogP contribution in [-0.4, -0.2) is 6.54 Å². The fourth-order valence-electron chi connectivity index (χ4n) is 1.71. The Morgan fingerprint density at radius 3 is 2.94 bits per heavy atom. The molecule has 0 aliphatic carbocycles. The number of halogens is 1. The Kier molecular flexibility index (Phi) is 4.46. The summed E-state index contributed by atoms with van der Waals surface area (Å²) < 4.78 is 13.1. The second-order valence-corrected chi connectivity index (χ2v) is 4.95. The molecule has 4 heteroatoms. The van der Waals surface area contributed by atoms with E-state index < -0.39 is 0 Å². The highest BCUT2D eigenvalue weighted by Gasteiger charge is 2.03. The van der Waals surface area contributed by atoms with Gasteiger partial charge in [0, 0.05) is 18.0 Å². The lowest BCUT2D eigenvalue weighted by molar-refractivity contribution is 0.620. The molecule has 0 aliphatic rings. The van der Waals surface area contributed by atoms with Crippen LogP contribution in [0.2, 0.25) is 0 Å². The van der Waals surface area contributed by atoms with Crippen LogP contribution in [0.4, 0.5) is 4.39 Å². The predicted octanol–water partition coefficient (Wildman–Crippen LogP) is 3.09. The van der Waals surface area contributed by atoms with E-state index in [2.05, 4.69) is 22.8 Å². The molecule has 0 radical (unpaired) electrons. The summed E-state index contributed by atoms with van der Waals surface area (Å²) in [4.78, 5) is 1.32. The SMILES string of the molecule is N#Cc1ccc(F)cc1CNCCc1cccs1. The number of hydrogen-bond donors (Lipinski definition) is 1. The number of nitrogens with one attached hydrogen (secondary N) is 1. The Hall–Kier alpha value is -1.70. The summed E-state index contributed by atoms with van der Waals surface area (Å²) in [6, 6.07) is 10.4. The fourth-order valence-corrected chi connectivity index (χ4v) is 2.42. The first-order chi connectivity index (χ1) is 8.79. The number of hydrogen-bond acceptors (Lipinski definition) is 3. The summed E-state index contributed by atoms with van der Waals surface area (Å²) in [6.07, 6.45) is 0.953. The first-order valence-electron chi connectivity index (χ1n) is 5.71. The van der Waals surface area contributed by atoms with Crippen molar-refractivity contribution < 1.29 is 4.39 Å². The lowest BCUT2D eigenvalue weighted by Crippen LogP contribution is -2.17. The second kappa shape index (κ2) is 6.29. The van der Waals surface area contributed by atoms with Crippen LogP contribution >= 0.6 is 11.3 Å². The van der Waals surface area contributed by atoms with Crippen LogP contribution in [0.1, 0.15) is 16.0 Å². The normalized spacial score (nSPS) is 10.2. The molecule has 0 amide bonds. The van der Waals surface area contributed by atoms with E-state index in [1.807, 2.05) is 6.07 Å². The Bertz CT molecular complexity index is 543. The van der Waals surface area contributed by atoms with E-state index in [1.165, 1.54) is 23.1 Å². The first-order valence-corrected chi connectivity index (χ1v) is 6.59. The predicted molar refractivity (Wildman–Crippen MR) is 70.8 cm³/mol. The van der Waals surface area contributed by atoms with Gasteiger partial charge in [-0.25, -0.2) is 4.39 Å². The molecule has 1 aromatic heterocycles. The largest absolute Gasteiger partial charge is 0.312 e. The molecule has 0 fully saturated rings. The van der Waals surface area contributed by atoms with Crippen molar-refractivity contribution >= 4 is 11.3 Å². The van der Waals surface area contributed by atoms with Gasteiger partial charge in [0.25, 0.3) is 0 Å². The molecule has 2 rings (SSSR count). The third-order valence-corrected chi connectivity index (χ3v) is 3.57. The molecule has 0 unspecified atom stereocenters. The van der Waals surface area contributed by atoms with E-state index in [0.29, 0.717) is 17.7 Å². The Morgan fingerprint density at radius 1 is 1.33 bits per heavy atom. The molecule has 0 spiro atoms. The third kappa shape index (κ3) is 3.39. The first kappa shape index (κ1) is 12.7. The molecule has 0 bridgehead atoms. The standard InChI is InChI=1S/C14H13FN2S/c15-13-4-3-11(9-16)12(8-13)10-17-6-5-14-2-1-7-18-14/h1-4,7-8,17H,5-6,10H2.